The fourth-order valence-corrected chi connectivity index (χ4v) is 3.25. The summed E-state index contributed by atoms with van der Waals surface area (Å²) in [4.78, 5) is 32.2. The second kappa shape index (κ2) is 7.25. The number of fused-ring (bicyclic) bond motifs is 1. The molecule has 5 rings (SSSR count). The van der Waals surface area contributed by atoms with Crippen LogP contribution in [0.4, 0.5) is 23.8 Å². The van der Waals surface area contributed by atoms with Crippen LogP contribution in [0.2, 0.25) is 0 Å². The Morgan fingerprint density at radius 2 is 2.03 bits per heavy atom. The Labute approximate surface area is 178 Å². The summed E-state index contributed by atoms with van der Waals surface area (Å²) in [5.74, 6) is -0.490. The fraction of sp³-hybridized carbons (Fsp3) is 0.200. The highest BCUT2D eigenvalue weighted by Gasteiger charge is 2.31. The third-order valence-electron chi connectivity index (χ3n) is 4.81. The molecule has 1 saturated heterocycles. The number of amides is 3. The van der Waals surface area contributed by atoms with Gasteiger partial charge in [-0.25, -0.2) is 14.8 Å². The second-order valence-electron chi connectivity index (χ2n) is 7.31. The van der Waals surface area contributed by atoms with Gasteiger partial charge in [-0.15, -0.1) is 13.2 Å². The van der Waals surface area contributed by atoms with Gasteiger partial charge >= 0.3 is 12.4 Å². The van der Waals surface area contributed by atoms with E-state index in [1.54, 1.807) is 16.7 Å². The number of nitrogens with zero attached hydrogens (tertiary/aromatic N) is 3. The molecule has 1 aliphatic carbocycles. The lowest BCUT2D eigenvalue weighted by molar-refractivity contribution is -0.274. The van der Waals surface area contributed by atoms with Crippen molar-refractivity contribution in [3.05, 3.63) is 48.1 Å². The van der Waals surface area contributed by atoms with Crippen LogP contribution in [0.25, 0.3) is 23.0 Å². The van der Waals surface area contributed by atoms with Gasteiger partial charge in [0.25, 0.3) is 5.91 Å². The molecule has 2 fully saturated rings. The van der Waals surface area contributed by atoms with Gasteiger partial charge < -0.3 is 15.4 Å². The Morgan fingerprint density at radius 3 is 2.72 bits per heavy atom. The molecule has 164 valence electrons. The zero-order valence-corrected chi connectivity index (χ0v) is 16.2. The molecule has 1 aromatic carbocycles. The zero-order chi connectivity index (χ0) is 22.5. The molecule has 0 atom stereocenters. The van der Waals surface area contributed by atoms with Gasteiger partial charge in [-0.05, 0) is 31.1 Å². The van der Waals surface area contributed by atoms with Crippen molar-refractivity contribution in [1.29, 1.82) is 0 Å². The first kappa shape index (κ1) is 19.8. The van der Waals surface area contributed by atoms with E-state index in [2.05, 4.69) is 30.7 Å². The lowest BCUT2D eigenvalue weighted by atomic mass is 10.1. The van der Waals surface area contributed by atoms with Gasteiger partial charge in [0.15, 0.2) is 11.5 Å². The van der Waals surface area contributed by atoms with Crippen molar-refractivity contribution in [3.63, 3.8) is 0 Å². The minimum atomic E-state index is -4.81. The van der Waals surface area contributed by atoms with Crippen molar-refractivity contribution in [1.82, 2.24) is 25.0 Å². The summed E-state index contributed by atoms with van der Waals surface area (Å²) >= 11 is 0. The van der Waals surface area contributed by atoms with Crippen molar-refractivity contribution in [2.45, 2.75) is 25.2 Å². The van der Waals surface area contributed by atoms with E-state index in [9.17, 15) is 22.8 Å². The number of ether oxygens (including phenoxy) is 1. The van der Waals surface area contributed by atoms with Crippen LogP contribution in [0.5, 0.6) is 5.75 Å². The third-order valence-corrected chi connectivity index (χ3v) is 4.81. The summed E-state index contributed by atoms with van der Waals surface area (Å²) in [5.41, 5.74) is 1.75. The Kier molecular flexibility index (Phi) is 4.50. The van der Waals surface area contributed by atoms with Crippen LogP contribution < -0.4 is 20.7 Å². The number of rotatable bonds is 5. The van der Waals surface area contributed by atoms with Crippen LogP contribution in [0, 0.1) is 0 Å². The van der Waals surface area contributed by atoms with Crippen LogP contribution in [0.3, 0.4) is 0 Å². The summed E-state index contributed by atoms with van der Waals surface area (Å²) in [7, 11) is 0. The Bertz CT molecular complexity index is 1280. The number of alkyl halides is 3. The van der Waals surface area contributed by atoms with Crippen molar-refractivity contribution in [2.24, 2.45) is 0 Å². The molecule has 1 aliphatic heterocycles. The maximum Gasteiger partial charge on any atom is 0.573 e. The third kappa shape index (κ3) is 4.06. The van der Waals surface area contributed by atoms with Gasteiger partial charge in [0.05, 0.1) is 17.6 Å². The topological polar surface area (TPSA) is 110 Å². The number of benzene rings is 1. The van der Waals surface area contributed by atoms with E-state index >= 15 is 0 Å². The molecule has 12 heteroatoms. The van der Waals surface area contributed by atoms with E-state index in [1.807, 2.05) is 0 Å². The highest BCUT2D eigenvalue weighted by molar-refractivity contribution is 6.13. The molecule has 2 aromatic heterocycles. The highest BCUT2D eigenvalue weighted by atomic mass is 19.4. The molecule has 3 N–H and O–H groups in total. The number of halogens is 3. The van der Waals surface area contributed by atoms with Crippen molar-refractivity contribution in [2.75, 3.05) is 5.32 Å². The first-order valence-corrected chi connectivity index (χ1v) is 9.60. The number of hydrogen-bond acceptors (Lipinski definition) is 6. The number of aromatic nitrogens is 3. The summed E-state index contributed by atoms with van der Waals surface area (Å²) < 4.78 is 43.6. The zero-order valence-electron chi connectivity index (χ0n) is 16.2. The number of carbonyl (C=O) groups is 2. The van der Waals surface area contributed by atoms with E-state index in [1.165, 1.54) is 30.5 Å². The van der Waals surface area contributed by atoms with Crippen LogP contribution in [0.1, 0.15) is 18.5 Å². The molecule has 3 amide bonds. The fourth-order valence-electron chi connectivity index (χ4n) is 3.25. The molecule has 0 spiro atoms. The van der Waals surface area contributed by atoms with Crippen LogP contribution in [0.15, 0.2) is 42.4 Å². The summed E-state index contributed by atoms with van der Waals surface area (Å²) in [6, 6.07) is 5.09. The smallest absolute Gasteiger partial charge is 0.406 e. The van der Waals surface area contributed by atoms with Gasteiger partial charge in [0.2, 0.25) is 0 Å². The number of imide groups is 1. The van der Waals surface area contributed by atoms with Crippen LogP contribution >= 0.6 is 0 Å². The van der Waals surface area contributed by atoms with E-state index in [0.717, 1.165) is 12.8 Å². The monoisotopic (exact) mass is 444 g/mol. The van der Waals surface area contributed by atoms with Crippen LogP contribution in [-0.4, -0.2) is 38.7 Å². The van der Waals surface area contributed by atoms with E-state index in [4.69, 9.17) is 0 Å². The molecule has 1 saturated carbocycles. The normalized spacial score (nSPS) is 17.5. The molecule has 0 radical (unpaired) electrons. The van der Waals surface area contributed by atoms with Crippen molar-refractivity contribution >= 4 is 29.5 Å². The lowest BCUT2D eigenvalue weighted by Crippen LogP contribution is -2.22. The number of carbonyl (C=O) groups excluding carboxylic acids is 2. The predicted octanol–water partition coefficient (Wildman–Crippen LogP) is 3.05. The quantitative estimate of drug-likeness (QED) is 0.412. The van der Waals surface area contributed by atoms with E-state index < -0.39 is 18.3 Å². The first-order valence-electron chi connectivity index (χ1n) is 9.60. The number of anilines is 1. The number of nitrogens with one attached hydrogen (secondary N) is 3. The molecule has 3 aromatic rings. The standard InChI is InChI=1S/C20H15F3N6O3/c21-20(22,23)32-13-3-1-2-10(6-13)15-9-29-12(7-14-18(30)28-19(31)27-14)8-24-17(29)16(26-15)25-11-4-5-11/h1-3,6-9,11H,4-5H2,(H,25,26)(H2,27,28,30,31)/b14-7-. The van der Waals surface area contributed by atoms with Crippen molar-refractivity contribution < 1.29 is 27.5 Å². The van der Waals surface area contributed by atoms with Crippen LogP contribution in [-0.2, 0) is 4.79 Å². The highest BCUT2D eigenvalue weighted by Crippen LogP contribution is 2.31. The van der Waals surface area contributed by atoms with Gasteiger partial charge in [0, 0.05) is 17.8 Å². The van der Waals surface area contributed by atoms with Gasteiger partial charge in [-0.1, -0.05) is 12.1 Å². The van der Waals surface area contributed by atoms with Crippen molar-refractivity contribution in [3.8, 4) is 17.0 Å². The first-order chi connectivity index (χ1) is 15.2. The maximum absolute atomic E-state index is 12.6. The molecular formula is C20H15F3N6O3. The second-order valence-corrected chi connectivity index (χ2v) is 7.31. The van der Waals surface area contributed by atoms with Gasteiger partial charge in [-0.2, -0.15) is 0 Å². The average Bonchev–Trinajstić information content (AvgIpc) is 3.35. The van der Waals surface area contributed by atoms with Gasteiger partial charge in [0.1, 0.15) is 11.4 Å². The number of hydrogen-bond donors (Lipinski definition) is 3. The molecule has 32 heavy (non-hydrogen) atoms. The number of urea groups is 1. The van der Waals surface area contributed by atoms with E-state index in [0.29, 0.717) is 28.4 Å². The Hall–Kier alpha value is -4.09. The molecule has 9 nitrogen and oxygen atoms in total. The van der Waals surface area contributed by atoms with E-state index in [-0.39, 0.29) is 17.5 Å². The minimum absolute atomic E-state index is 0.0486. The lowest BCUT2D eigenvalue weighted by Gasteiger charge is -2.12. The largest absolute Gasteiger partial charge is 0.573 e. The average molecular weight is 444 g/mol. The SMILES string of the molecule is O=C1NC(=O)/C(=C/c2cnc3c(NC4CC4)nc(-c4cccc(OC(F)(F)F)c4)cn23)N1. The molecule has 3 heterocycles. The molecule has 2 aliphatic rings. The number of imidazole rings is 1. The minimum Gasteiger partial charge on any atom is -0.406 e. The Balaban J connectivity index is 1.60. The predicted molar refractivity (Wildman–Crippen MR) is 106 cm³/mol. The van der Waals surface area contributed by atoms with Gasteiger partial charge in [-0.3, -0.25) is 14.5 Å². The molecule has 0 unspecified atom stereocenters. The molecule has 0 bridgehead atoms. The summed E-state index contributed by atoms with van der Waals surface area (Å²) in [5, 5.41) is 7.79. The summed E-state index contributed by atoms with van der Waals surface area (Å²) in [6.07, 6.45) is 1.67. The Morgan fingerprint density at radius 1 is 1.22 bits per heavy atom. The summed E-state index contributed by atoms with van der Waals surface area (Å²) in [6.45, 7) is 0. The maximum atomic E-state index is 12.6. The molecular weight excluding hydrogens is 429 g/mol.